The van der Waals surface area contributed by atoms with Gasteiger partial charge in [0.2, 0.25) is 0 Å². The topological polar surface area (TPSA) is 26.3 Å². The molecule has 2 rings (SSSR count). The van der Waals surface area contributed by atoms with Crippen LogP contribution in [0.2, 0.25) is 5.02 Å². The van der Waals surface area contributed by atoms with Crippen LogP contribution in [0.15, 0.2) is 24.3 Å². The number of esters is 1. The zero-order valence-electron chi connectivity index (χ0n) is 9.99. The highest BCUT2D eigenvalue weighted by Crippen LogP contribution is 2.39. The minimum atomic E-state index is -0.0510. The van der Waals surface area contributed by atoms with E-state index in [4.69, 9.17) is 16.3 Å². The van der Waals surface area contributed by atoms with E-state index in [-0.39, 0.29) is 11.9 Å². The van der Waals surface area contributed by atoms with Crippen LogP contribution in [0.25, 0.3) is 0 Å². The first-order valence-electron chi connectivity index (χ1n) is 6.11. The third-order valence-corrected chi connectivity index (χ3v) is 3.40. The first kappa shape index (κ1) is 12.4. The van der Waals surface area contributed by atoms with Gasteiger partial charge >= 0.3 is 5.97 Å². The van der Waals surface area contributed by atoms with E-state index < -0.39 is 0 Å². The van der Waals surface area contributed by atoms with E-state index in [1.54, 1.807) is 0 Å². The minimum Gasteiger partial charge on any atom is -0.466 e. The fraction of sp³-hybridized carbons (Fsp3) is 0.500. The van der Waals surface area contributed by atoms with E-state index in [9.17, 15) is 4.79 Å². The summed E-state index contributed by atoms with van der Waals surface area (Å²) in [7, 11) is 0. The Balaban J connectivity index is 2.02. The number of halogens is 1. The van der Waals surface area contributed by atoms with Crippen molar-refractivity contribution in [1.29, 1.82) is 0 Å². The van der Waals surface area contributed by atoms with Crippen molar-refractivity contribution in [2.24, 2.45) is 11.8 Å². The van der Waals surface area contributed by atoms with E-state index in [1.807, 2.05) is 31.2 Å². The molecule has 1 saturated carbocycles. The molecule has 0 saturated heterocycles. The molecule has 1 aliphatic carbocycles. The lowest BCUT2D eigenvalue weighted by atomic mass is 9.95. The summed E-state index contributed by atoms with van der Waals surface area (Å²) in [6.45, 7) is 2.31. The second-order valence-corrected chi connectivity index (χ2v) is 4.96. The molecule has 92 valence electrons. The first-order chi connectivity index (χ1) is 8.20. The predicted octanol–water partition coefficient (Wildman–Crippen LogP) is 3.47. The third-order valence-electron chi connectivity index (χ3n) is 3.15. The van der Waals surface area contributed by atoms with Crippen molar-refractivity contribution in [2.45, 2.75) is 26.2 Å². The Morgan fingerprint density at radius 3 is 2.59 bits per heavy atom. The van der Waals surface area contributed by atoms with Crippen LogP contribution in [0.3, 0.4) is 0 Å². The Morgan fingerprint density at radius 1 is 1.41 bits per heavy atom. The highest BCUT2D eigenvalue weighted by atomic mass is 35.5. The van der Waals surface area contributed by atoms with Gasteiger partial charge in [0.25, 0.3) is 0 Å². The highest BCUT2D eigenvalue weighted by Gasteiger charge is 2.36. The molecule has 1 fully saturated rings. The van der Waals surface area contributed by atoms with E-state index in [0.717, 1.165) is 29.8 Å². The summed E-state index contributed by atoms with van der Waals surface area (Å²) in [5, 5.41) is 0.729. The molecule has 0 aliphatic heterocycles. The molecule has 17 heavy (non-hydrogen) atoms. The number of benzene rings is 1. The van der Waals surface area contributed by atoms with E-state index in [0.29, 0.717) is 12.5 Å². The van der Waals surface area contributed by atoms with Crippen LogP contribution in [0.1, 0.15) is 25.3 Å². The summed E-state index contributed by atoms with van der Waals surface area (Å²) in [6, 6.07) is 7.70. The number of carbonyl (C=O) groups excluding carboxylic acids is 1. The van der Waals surface area contributed by atoms with Crippen LogP contribution in [-0.2, 0) is 16.0 Å². The molecular formula is C14H17ClO2. The predicted molar refractivity (Wildman–Crippen MR) is 68.0 cm³/mol. The van der Waals surface area contributed by atoms with Crippen molar-refractivity contribution in [1.82, 2.24) is 0 Å². The molecule has 0 bridgehead atoms. The lowest BCUT2D eigenvalue weighted by molar-refractivity contribution is -0.148. The second kappa shape index (κ2) is 5.54. The minimum absolute atomic E-state index is 0.0242. The van der Waals surface area contributed by atoms with Crippen molar-refractivity contribution in [3.63, 3.8) is 0 Å². The molecular weight excluding hydrogens is 236 g/mol. The van der Waals surface area contributed by atoms with Gasteiger partial charge in [-0.3, -0.25) is 4.79 Å². The number of hydrogen-bond donors (Lipinski definition) is 0. The Bertz CT molecular complexity index is 382. The van der Waals surface area contributed by atoms with Crippen molar-refractivity contribution < 1.29 is 9.53 Å². The number of rotatable bonds is 5. The van der Waals surface area contributed by atoms with Crippen LogP contribution in [0.5, 0.6) is 0 Å². The van der Waals surface area contributed by atoms with E-state index >= 15 is 0 Å². The van der Waals surface area contributed by atoms with Gasteiger partial charge in [0.15, 0.2) is 0 Å². The lowest BCUT2D eigenvalue weighted by Crippen LogP contribution is -2.22. The smallest absolute Gasteiger partial charge is 0.309 e. The zero-order valence-corrected chi connectivity index (χ0v) is 10.7. The Kier molecular flexibility index (Phi) is 4.06. The van der Waals surface area contributed by atoms with E-state index in [2.05, 4.69) is 0 Å². The number of carbonyl (C=O) groups is 1. The molecule has 1 aromatic rings. The summed E-state index contributed by atoms with van der Waals surface area (Å²) in [5.74, 6) is 0.491. The van der Waals surface area contributed by atoms with Gasteiger partial charge in [0, 0.05) is 5.02 Å². The van der Waals surface area contributed by atoms with Crippen LogP contribution >= 0.6 is 11.6 Å². The molecule has 2 nitrogen and oxygen atoms in total. The fourth-order valence-corrected chi connectivity index (χ4v) is 2.19. The maximum atomic E-state index is 11.8. The van der Waals surface area contributed by atoms with Crippen molar-refractivity contribution in [2.75, 3.05) is 6.61 Å². The van der Waals surface area contributed by atoms with Crippen molar-refractivity contribution >= 4 is 17.6 Å². The highest BCUT2D eigenvalue weighted by molar-refractivity contribution is 6.30. The zero-order chi connectivity index (χ0) is 12.3. The fourth-order valence-electron chi connectivity index (χ4n) is 2.06. The molecule has 0 aromatic heterocycles. The first-order valence-corrected chi connectivity index (χ1v) is 6.49. The molecule has 0 amide bonds. The van der Waals surface area contributed by atoms with Crippen molar-refractivity contribution in [3.8, 4) is 0 Å². The number of ether oxygens (including phenoxy) is 1. The van der Waals surface area contributed by atoms with Crippen LogP contribution < -0.4 is 0 Å². The van der Waals surface area contributed by atoms with Gasteiger partial charge in [-0.25, -0.2) is 0 Å². The Labute approximate surface area is 107 Å². The monoisotopic (exact) mass is 252 g/mol. The maximum absolute atomic E-state index is 11.8. The second-order valence-electron chi connectivity index (χ2n) is 4.53. The third kappa shape index (κ3) is 3.47. The van der Waals surface area contributed by atoms with Gasteiger partial charge in [-0.05, 0) is 49.8 Å². The Hall–Kier alpha value is -1.02. The van der Waals surface area contributed by atoms with Gasteiger partial charge in [-0.15, -0.1) is 0 Å². The largest absolute Gasteiger partial charge is 0.466 e. The molecule has 0 spiro atoms. The summed E-state index contributed by atoms with van der Waals surface area (Å²) in [5.41, 5.74) is 1.15. The Morgan fingerprint density at radius 2 is 2.06 bits per heavy atom. The van der Waals surface area contributed by atoms with Crippen LogP contribution in [0, 0.1) is 11.8 Å². The molecule has 1 aromatic carbocycles. The van der Waals surface area contributed by atoms with Gasteiger partial charge < -0.3 is 4.74 Å². The van der Waals surface area contributed by atoms with Crippen LogP contribution in [-0.4, -0.2) is 12.6 Å². The summed E-state index contributed by atoms with van der Waals surface area (Å²) in [6.07, 6.45) is 3.06. The van der Waals surface area contributed by atoms with Gasteiger partial charge in [0.1, 0.15) is 0 Å². The lowest BCUT2D eigenvalue weighted by Gasteiger charge is -2.14. The molecule has 1 unspecified atom stereocenters. The van der Waals surface area contributed by atoms with E-state index in [1.165, 1.54) is 0 Å². The molecule has 1 aliphatic rings. The van der Waals surface area contributed by atoms with Gasteiger partial charge in [0.05, 0.1) is 12.5 Å². The average molecular weight is 253 g/mol. The standard InChI is InChI=1S/C14H17ClO2/c1-2-17-14(16)13(11-5-6-11)9-10-3-7-12(15)8-4-10/h3-4,7-8,11,13H,2,5-6,9H2,1H3. The molecule has 3 heteroatoms. The van der Waals surface area contributed by atoms with Crippen LogP contribution in [0.4, 0.5) is 0 Å². The number of hydrogen-bond acceptors (Lipinski definition) is 2. The molecule has 0 radical (unpaired) electrons. The molecule has 1 atom stereocenters. The quantitative estimate of drug-likeness (QED) is 0.750. The SMILES string of the molecule is CCOC(=O)C(Cc1ccc(Cl)cc1)C1CC1. The molecule has 0 N–H and O–H groups in total. The average Bonchev–Trinajstić information content (AvgIpc) is 3.12. The normalized spacial score (nSPS) is 16.6. The maximum Gasteiger partial charge on any atom is 0.309 e. The van der Waals surface area contributed by atoms with Gasteiger partial charge in [-0.2, -0.15) is 0 Å². The van der Waals surface area contributed by atoms with Crippen molar-refractivity contribution in [3.05, 3.63) is 34.9 Å². The summed E-state index contributed by atoms with van der Waals surface area (Å²) >= 11 is 5.84. The summed E-state index contributed by atoms with van der Waals surface area (Å²) < 4.78 is 5.14. The molecule has 0 heterocycles. The van der Waals surface area contributed by atoms with Gasteiger partial charge in [-0.1, -0.05) is 23.7 Å². The summed E-state index contributed by atoms with van der Waals surface area (Å²) in [4.78, 5) is 11.8.